The SMILES string of the molecule is O=C(CC1CC2CCC(C1)N2)Nc1cccc2c1N=[Se]=N2. The van der Waals surface area contributed by atoms with Crippen LogP contribution in [0.3, 0.4) is 0 Å². The average molecular weight is 349 g/mol. The summed E-state index contributed by atoms with van der Waals surface area (Å²) >= 11 is -0.0581. The zero-order valence-corrected chi connectivity index (χ0v) is 13.4. The van der Waals surface area contributed by atoms with E-state index in [0.29, 0.717) is 24.4 Å². The van der Waals surface area contributed by atoms with Crippen LogP contribution in [0.25, 0.3) is 0 Å². The van der Waals surface area contributed by atoms with Crippen LogP contribution in [0.5, 0.6) is 0 Å². The van der Waals surface area contributed by atoms with E-state index in [1.54, 1.807) is 0 Å². The van der Waals surface area contributed by atoms with Crippen LogP contribution in [0.4, 0.5) is 17.1 Å². The molecule has 3 aliphatic rings. The number of hydrogen-bond donors (Lipinski definition) is 2. The summed E-state index contributed by atoms with van der Waals surface area (Å²) in [6.07, 6.45) is 5.45. The van der Waals surface area contributed by atoms with E-state index in [0.717, 1.165) is 29.9 Å². The topological polar surface area (TPSA) is 65.8 Å². The molecule has 2 bridgehead atoms. The molecule has 110 valence electrons. The molecule has 21 heavy (non-hydrogen) atoms. The van der Waals surface area contributed by atoms with Crippen LogP contribution in [0, 0.1) is 5.92 Å². The van der Waals surface area contributed by atoms with Crippen LogP contribution < -0.4 is 10.6 Å². The van der Waals surface area contributed by atoms with E-state index >= 15 is 0 Å². The second-order valence-electron chi connectivity index (χ2n) is 6.17. The number of piperidine rings is 1. The first kappa shape index (κ1) is 13.4. The molecule has 0 aromatic heterocycles. The molecule has 0 aliphatic carbocycles. The van der Waals surface area contributed by atoms with Gasteiger partial charge in [0, 0.05) is 0 Å². The molecule has 1 aromatic carbocycles. The van der Waals surface area contributed by atoms with Gasteiger partial charge in [0.2, 0.25) is 0 Å². The van der Waals surface area contributed by atoms with Gasteiger partial charge in [-0.05, 0) is 0 Å². The molecule has 2 unspecified atom stereocenters. The van der Waals surface area contributed by atoms with E-state index in [-0.39, 0.29) is 20.5 Å². The number of benzene rings is 1. The number of rotatable bonds is 3. The van der Waals surface area contributed by atoms with Gasteiger partial charge < -0.3 is 0 Å². The monoisotopic (exact) mass is 350 g/mol. The molecule has 5 nitrogen and oxygen atoms in total. The van der Waals surface area contributed by atoms with Crippen LogP contribution in [0.2, 0.25) is 0 Å². The number of nitrogens with zero attached hydrogens (tertiary/aromatic N) is 2. The van der Waals surface area contributed by atoms with Gasteiger partial charge in [0.1, 0.15) is 0 Å². The Bertz CT molecular complexity index is 641. The minimum absolute atomic E-state index is 0.0581. The minimum atomic E-state index is -0.0581. The quantitative estimate of drug-likeness (QED) is 0.837. The molecule has 0 spiro atoms. The van der Waals surface area contributed by atoms with Crippen LogP contribution in [0.15, 0.2) is 26.1 Å². The van der Waals surface area contributed by atoms with Crippen LogP contribution in [-0.4, -0.2) is 32.6 Å². The predicted octanol–water partition coefficient (Wildman–Crippen LogP) is 2.89. The first-order chi connectivity index (χ1) is 10.3. The Hall–Kier alpha value is -1.23. The summed E-state index contributed by atoms with van der Waals surface area (Å²) in [6, 6.07) is 7.08. The van der Waals surface area contributed by atoms with Crippen molar-refractivity contribution in [3.8, 4) is 0 Å². The van der Waals surface area contributed by atoms with E-state index in [4.69, 9.17) is 0 Å². The van der Waals surface area contributed by atoms with Crippen molar-refractivity contribution in [3.63, 3.8) is 0 Å². The van der Waals surface area contributed by atoms with Gasteiger partial charge in [0.15, 0.2) is 0 Å². The van der Waals surface area contributed by atoms with E-state index in [1.807, 2.05) is 18.2 Å². The summed E-state index contributed by atoms with van der Waals surface area (Å²) < 4.78 is 8.75. The zero-order valence-electron chi connectivity index (χ0n) is 11.7. The Balaban J connectivity index is 1.41. The number of nitrogens with one attached hydrogen (secondary N) is 2. The third kappa shape index (κ3) is 2.76. The summed E-state index contributed by atoms with van der Waals surface area (Å²) in [5, 5.41) is 6.66. The van der Waals surface area contributed by atoms with Crippen molar-refractivity contribution in [1.82, 2.24) is 5.32 Å². The molecule has 2 saturated heterocycles. The van der Waals surface area contributed by atoms with E-state index < -0.39 is 0 Å². The maximum atomic E-state index is 12.3. The fourth-order valence-corrected chi connectivity index (χ4v) is 4.87. The molecule has 2 atom stereocenters. The Labute approximate surface area is 129 Å². The fraction of sp³-hybridized carbons (Fsp3) is 0.533. The van der Waals surface area contributed by atoms with Crippen molar-refractivity contribution < 1.29 is 4.79 Å². The van der Waals surface area contributed by atoms with Gasteiger partial charge in [-0.15, -0.1) is 0 Å². The third-order valence-electron chi connectivity index (χ3n) is 4.60. The Kier molecular flexibility index (Phi) is 3.53. The van der Waals surface area contributed by atoms with Gasteiger partial charge >= 0.3 is 129 Å². The van der Waals surface area contributed by atoms with Crippen molar-refractivity contribution in [3.05, 3.63) is 18.2 Å². The summed E-state index contributed by atoms with van der Waals surface area (Å²) in [5.74, 6) is 0.635. The second kappa shape index (κ2) is 5.52. The molecular formula is C15H18N4OSe. The molecule has 3 heterocycles. The zero-order chi connectivity index (χ0) is 14.2. The number of fused-ring (bicyclic) bond motifs is 3. The van der Waals surface area contributed by atoms with Crippen molar-refractivity contribution in [2.24, 2.45) is 13.8 Å². The number of carbonyl (C=O) groups is 1. The van der Waals surface area contributed by atoms with Gasteiger partial charge in [0.05, 0.1) is 0 Å². The second-order valence-corrected chi connectivity index (χ2v) is 7.27. The number of carbonyl (C=O) groups excluding carboxylic acids is 1. The summed E-state index contributed by atoms with van der Waals surface area (Å²) in [5.41, 5.74) is 2.58. The van der Waals surface area contributed by atoms with Crippen molar-refractivity contribution >= 4 is 37.5 Å². The molecule has 2 N–H and O–H groups in total. The summed E-state index contributed by atoms with van der Waals surface area (Å²) in [4.78, 5) is 12.3. The van der Waals surface area contributed by atoms with Crippen LogP contribution >= 0.6 is 0 Å². The number of amides is 1. The van der Waals surface area contributed by atoms with Crippen LogP contribution in [-0.2, 0) is 4.79 Å². The van der Waals surface area contributed by atoms with Crippen molar-refractivity contribution in [2.45, 2.75) is 44.2 Å². The molecule has 3 aliphatic heterocycles. The average Bonchev–Trinajstić information content (AvgIpc) is 3.06. The maximum absolute atomic E-state index is 12.3. The Morgan fingerprint density at radius 1 is 1.29 bits per heavy atom. The molecule has 1 aromatic rings. The van der Waals surface area contributed by atoms with Gasteiger partial charge in [-0.25, -0.2) is 0 Å². The number of hydrogen-bond acceptors (Lipinski definition) is 4. The molecule has 1 amide bonds. The molecule has 2 fully saturated rings. The molecular weight excluding hydrogens is 331 g/mol. The number of anilines is 1. The molecule has 0 radical (unpaired) electrons. The first-order valence-corrected chi connectivity index (χ1v) is 9.08. The molecule has 0 saturated carbocycles. The Morgan fingerprint density at radius 2 is 2.10 bits per heavy atom. The predicted molar refractivity (Wildman–Crippen MR) is 82.3 cm³/mol. The van der Waals surface area contributed by atoms with E-state index in [2.05, 4.69) is 18.6 Å². The van der Waals surface area contributed by atoms with Crippen molar-refractivity contribution in [2.75, 3.05) is 5.32 Å². The van der Waals surface area contributed by atoms with E-state index in [1.165, 1.54) is 12.8 Å². The third-order valence-corrected chi connectivity index (χ3v) is 5.74. The molecule has 4 rings (SSSR count). The standard InChI is InChI=1S/C15H18N4OSe/c20-14(8-9-6-10-4-5-11(7-9)16-10)17-12-2-1-3-13-15(12)19-21-18-13/h1-3,9-11,16H,4-8H2,(H,17,20). The first-order valence-electron chi connectivity index (χ1n) is 7.55. The summed E-state index contributed by atoms with van der Waals surface area (Å²) in [6.45, 7) is 0. The van der Waals surface area contributed by atoms with Gasteiger partial charge in [-0.2, -0.15) is 0 Å². The summed E-state index contributed by atoms with van der Waals surface area (Å²) in [7, 11) is 0. The van der Waals surface area contributed by atoms with Gasteiger partial charge in [-0.1, -0.05) is 0 Å². The van der Waals surface area contributed by atoms with Crippen molar-refractivity contribution in [1.29, 1.82) is 0 Å². The van der Waals surface area contributed by atoms with Crippen LogP contribution in [0.1, 0.15) is 32.1 Å². The fourth-order valence-electron chi connectivity index (χ4n) is 3.71. The van der Waals surface area contributed by atoms with Gasteiger partial charge in [0.25, 0.3) is 0 Å². The molecule has 6 heteroatoms. The van der Waals surface area contributed by atoms with Gasteiger partial charge in [-0.3, -0.25) is 0 Å². The normalized spacial score (nSPS) is 29.0. The Morgan fingerprint density at radius 3 is 2.90 bits per heavy atom. The van der Waals surface area contributed by atoms with E-state index in [9.17, 15) is 4.79 Å².